The second-order valence-corrected chi connectivity index (χ2v) is 3.57. The van der Waals surface area contributed by atoms with Gasteiger partial charge in [-0.2, -0.15) is 18.3 Å². The summed E-state index contributed by atoms with van der Waals surface area (Å²) in [5, 5.41) is 21.5. The highest BCUT2D eigenvalue weighted by atomic mass is 19.4. The Labute approximate surface area is 100 Å². The van der Waals surface area contributed by atoms with E-state index in [2.05, 4.69) is 5.10 Å². The van der Waals surface area contributed by atoms with Crippen molar-refractivity contribution < 1.29 is 23.2 Å². The largest absolute Gasteiger partial charge is 0.508 e. The van der Waals surface area contributed by atoms with Crippen molar-refractivity contribution in [3.63, 3.8) is 0 Å². The summed E-state index contributed by atoms with van der Waals surface area (Å²) in [6.45, 7) is 0. The highest BCUT2D eigenvalue weighted by Crippen LogP contribution is 2.27. The Bertz CT molecular complexity index is 540. The highest BCUT2D eigenvalue weighted by molar-refractivity contribution is 6.57. The van der Waals surface area contributed by atoms with Crippen molar-refractivity contribution in [2.75, 3.05) is 0 Å². The fourth-order valence-electron chi connectivity index (χ4n) is 1.49. The molecule has 2 aromatic rings. The summed E-state index contributed by atoms with van der Waals surface area (Å²) in [4.78, 5) is 0. The van der Waals surface area contributed by atoms with Crippen molar-refractivity contribution in [1.29, 1.82) is 0 Å². The van der Waals surface area contributed by atoms with Gasteiger partial charge in [0, 0.05) is 0 Å². The zero-order valence-corrected chi connectivity index (χ0v) is 8.96. The number of halogens is 3. The molecule has 0 saturated heterocycles. The average molecular weight is 256 g/mol. The minimum absolute atomic E-state index is 0.316. The molecule has 2 N–H and O–H groups in total. The van der Waals surface area contributed by atoms with E-state index in [1.165, 1.54) is 12.1 Å². The molecule has 0 bridgehead atoms. The van der Waals surface area contributed by atoms with E-state index in [4.69, 9.17) is 10.0 Å². The number of para-hydroxylation sites is 1. The first-order valence-corrected chi connectivity index (χ1v) is 4.98. The standard InChI is InChI=1S/C10H8BF3N2O2/c12-10(13,14)8-6-9(11(17)18)16(15-8)7-4-2-1-3-5-7/h1-6,17-18H. The van der Waals surface area contributed by atoms with Gasteiger partial charge in [0.05, 0.1) is 11.3 Å². The first-order chi connectivity index (χ1) is 8.39. The predicted molar refractivity (Wildman–Crippen MR) is 58.4 cm³/mol. The highest BCUT2D eigenvalue weighted by Gasteiger charge is 2.36. The van der Waals surface area contributed by atoms with Crippen LogP contribution in [-0.4, -0.2) is 26.9 Å². The van der Waals surface area contributed by atoms with Crippen LogP contribution in [0.15, 0.2) is 36.4 Å². The SMILES string of the molecule is OB(O)c1cc(C(F)(F)F)nn1-c1ccccc1. The van der Waals surface area contributed by atoms with Crippen LogP contribution in [0.4, 0.5) is 13.2 Å². The molecular formula is C10H8BF3N2O2. The van der Waals surface area contributed by atoms with Gasteiger partial charge in [0.1, 0.15) is 0 Å². The van der Waals surface area contributed by atoms with Gasteiger partial charge in [-0.25, -0.2) is 4.68 Å². The Hall–Kier alpha value is -1.80. The predicted octanol–water partition coefficient (Wildman–Crippen LogP) is 0.571. The lowest BCUT2D eigenvalue weighted by Crippen LogP contribution is -2.35. The van der Waals surface area contributed by atoms with Gasteiger partial charge in [-0.05, 0) is 18.2 Å². The maximum absolute atomic E-state index is 12.5. The van der Waals surface area contributed by atoms with Crippen molar-refractivity contribution in [1.82, 2.24) is 9.78 Å². The minimum Gasteiger partial charge on any atom is -0.422 e. The normalized spacial score (nSPS) is 11.6. The molecule has 2 rings (SSSR count). The third kappa shape index (κ3) is 2.39. The van der Waals surface area contributed by atoms with Crippen LogP contribution in [0.1, 0.15) is 5.69 Å². The maximum Gasteiger partial charge on any atom is 0.508 e. The van der Waals surface area contributed by atoms with Crippen molar-refractivity contribution >= 4 is 12.7 Å². The number of hydrogen-bond donors (Lipinski definition) is 2. The number of hydrogen-bond acceptors (Lipinski definition) is 3. The maximum atomic E-state index is 12.5. The molecule has 0 aliphatic heterocycles. The molecule has 0 fully saturated rings. The van der Waals surface area contributed by atoms with Crippen molar-refractivity contribution in [2.24, 2.45) is 0 Å². The van der Waals surface area contributed by atoms with Gasteiger partial charge in [-0.3, -0.25) is 0 Å². The van der Waals surface area contributed by atoms with Crippen molar-refractivity contribution in [3.05, 3.63) is 42.1 Å². The molecule has 0 spiro atoms. The van der Waals surface area contributed by atoms with Crippen LogP contribution in [0.5, 0.6) is 0 Å². The number of alkyl halides is 3. The first kappa shape index (κ1) is 12.7. The molecule has 0 unspecified atom stereocenters. The molecule has 4 nitrogen and oxygen atoms in total. The number of aromatic nitrogens is 2. The van der Waals surface area contributed by atoms with E-state index in [0.717, 1.165) is 4.68 Å². The molecule has 1 heterocycles. The fraction of sp³-hybridized carbons (Fsp3) is 0.100. The fourth-order valence-corrected chi connectivity index (χ4v) is 1.49. The van der Waals surface area contributed by atoms with Gasteiger partial charge >= 0.3 is 13.3 Å². The quantitative estimate of drug-likeness (QED) is 0.772. The molecule has 8 heteroatoms. The number of rotatable bonds is 2. The van der Waals surface area contributed by atoms with Gasteiger partial charge in [-0.1, -0.05) is 18.2 Å². The smallest absolute Gasteiger partial charge is 0.422 e. The lowest BCUT2D eigenvalue weighted by molar-refractivity contribution is -0.141. The van der Waals surface area contributed by atoms with Gasteiger partial charge in [0.15, 0.2) is 5.69 Å². The van der Waals surface area contributed by atoms with Gasteiger partial charge in [0.2, 0.25) is 0 Å². The molecule has 0 aliphatic carbocycles. The molecule has 0 radical (unpaired) electrons. The summed E-state index contributed by atoms with van der Waals surface area (Å²) in [6, 6.07) is 8.54. The van der Waals surface area contributed by atoms with Crippen molar-refractivity contribution in [3.8, 4) is 5.69 Å². The van der Waals surface area contributed by atoms with Crippen LogP contribution in [-0.2, 0) is 6.18 Å². The molecule has 94 valence electrons. The zero-order valence-electron chi connectivity index (χ0n) is 8.96. The van der Waals surface area contributed by atoms with E-state index in [9.17, 15) is 13.2 Å². The first-order valence-electron chi connectivity index (χ1n) is 4.98. The van der Waals surface area contributed by atoms with Crippen LogP contribution in [0.3, 0.4) is 0 Å². The Morgan fingerprint density at radius 1 is 1.11 bits per heavy atom. The van der Waals surface area contributed by atoms with Crippen LogP contribution >= 0.6 is 0 Å². The summed E-state index contributed by atoms with van der Waals surface area (Å²) in [5.74, 6) is 0. The lowest BCUT2D eigenvalue weighted by Gasteiger charge is -2.06. The van der Waals surface area contributed by atoms with E-state index in [1.54, 1.807) is 18.2 Å². The van der Waals surface area contributed by atoms with Gasteiger partial charge in [0.25, 0.3) is 0 Å². The monoisotopic (exact) mass is 256 g/mol. The summed E-state index contributed by atoms with van der Waals surface area (Å²) < 4.78 is 38.4. The molecule has 0 amide bonds. The average Bonchev–Trinajstić information content (AvgIpc) is 2.74. The molecular weight excluding hydrogens is 248 g/mol. The molecule has 0 atom stereocenters. The molecule has 0 saturated carbocycles. The Balaban J connectivity index is 2.56. The van der Waals surface area contributed by atoms with Gasteiger partial charge in [-0.15, -0.1) is 0 Å². The third-order valence-corrected chi connectivity index (χ3v) is 2.29. The van der Waals surface area contributed by atoms with E-state index < -0.39 is 19.0 Å². The molecule has 0 aliphatic rings. The Morgan fingerprint density at radius 3 is 2.22 bits per heavy atom. The van der Waals surface area contributed by atoms with Crippen LogP contribution in [0.2, 0.25) is 0 Å². The molecule has 18 heavy (non-hydrogen) atoms. The van der Waals surface area contributed by atoms with Crippen molar-refractivity contribution in [2.45, 2.75) is 6.18 Å². The second-order valence-electron chi connectivity index (χ2n) is 3.57. The summed E-state index contributed by atoms with van der Waals surface area (Å²) in [7, 11) is -2.03. The molecule has 1 aromatic carbocycles. The van der Waals surface area contributed by atoms with Gasteiger partial charge < -0.3 is 10.0 Å². The molecule has 1 aromatic heterocycles. The van der Waals surface area contributed by atoms with Crippen LogP contribution in [0, 0.1) is 0 Å². The third-order valence-electron chi connectivity index (χ3n) is 2.29. The number of nitrogens with zero attached hydrogens (tertiary/aromatic N) is 2. The second kappa shape index (κ2) is 4.47. The minimum atomic E-state index is -4.64. The zero-order chi connectivity index (χ0) is 13.3. The van der Waals surface area contributed by atoms with E-state index in [0.29, 0.717) is 11.8 Å². The number of benzene rings is 1. The topological polar surface area (TPSA) is 58.3 Å². The van der Waals surface area contributed by atoms with E-state index >= 15 is 0 Å². The van der Waals surface area contributed by atoms with E-state index in [-0.39, 0.29) is 5.59 Å². The van der Waals surface area contributed by atoms with E-state index in [1.807, 2.05) is 0 Å². The van der Waals surface area contributed by atoms with Crippen LogP contribution < -0.4 is 5.59 Å². The summed E-state index contributed by atoms with van der Waals surface area (Å²) in [5.41, 5.74) is -1.20. The summed E-state index contributed by atoms with van der Waals surface area (Å²) in [6.07, 6.45) is -4.64. The summed E-state index contributed by atoms with van der Waals surface area (Å²) >= 11 is 0. The lowest BCUT2D eigenvalue weighted by atomic mass is 9.85. The Kier molecular flexibility index (Phi) is 3.14. The Morgan fingerprint density at radius 2 is 1.72 bits per heavy atom. The van der Waals surface area contributed by atoms with Crippen LogP contribution in [0.25, 0.3) is 5.69 Å².